The highest BCUT2D eigenvalue weighted by Gasteiger charge is 2.07. The quantitative estimate of drug-likeness (QED) is 0.483. The zero-order chi connectivity index (χ0) is 14.2. The number of benzene rings is 2. The molecule has 0 aliphatic heterocycles. The molecule has 0 aliphatic rings. The Morgan fingerprint density at radius 3 is 2.05 bits per heavy atom. The van der Waals surface area contributed by atoms with Crippen molar-refractivity contribution >= 4 is 18.3 Å². The number of ether oxygens (including phenoxy) is 1. The molecule has 0 atom stereocenters. The summed E-state index contributed by atoms with van der Waals surface area (Å²) >= 11 is 0. The van der Waals surface area contributed by atoms with Crippen LogP contribution in [0.3, 0.4) is 0 Å². The van der Waals surface area contributed by atoms with Gasteiger partial charge in [0.15, 0.2) is 0 Å². The van der Waals surface area contributed by atoms with E-state index in [1.807, 2.05) is 60.7 Å². The topological polar surface area (TPSA) is 38.7 Å². The monoisotopic (exact) mass is 265 g/mol. The van der Waals surface area contributed by atoms with Crippen LogP contribution in [0.25, 0.3) is 6.08 Å². The largest absolute Gasteiger partial charge is 0.464 e. The average Bonchev–Trinajstić information content (AvgIpc) is 2.52. The first-order valence-corrected chi connectivity index (χ1v) is 6.24. The molecule has 0 fully saturated rings. The van der Waals surface area contributed by atoms with E-state index in [0.717, 1.165) is 11.1 Å². The Bertz CT molecular complexity index is 616. The predicted molar refractivity (Wildman–Crippen MR) is 80.5 cm³/mol. The fourth-order valence-corrected chi connectivity index (χ4v) is 1.64. The lowest BCUT2D eigenvalue weighted by molar-refractivity contribution is -0.136. The minimum absolute atomic E-state index is 0.266. The lowest BCUT2D eigenvalue weighted by Gasteiger charge is -2.00. The second-order valence-electron chi connectivity index (χ2n) is 4.10. The Morgan fingerprint density at radius 1 is 0.950 bits per heavy atom. The molecular formula is C17H15NO2. The van der Waals surface area contributed by atoms with Crippen LogP contribution in [0.5, 0.6) is 0 Å². The molecule has 0 bridgehead atoms. The number of carbonyl (C=O) groups excluding carboxylic acids is 1. The summed E-state index contributed by atoms with van der Waals surface area (Å²) in [4.78, 5) is 16.0. The molecule has 2 aromatic rings. The molecule has 2 aromatic carbocycles. The molecule has 0 N–H and O–H groups in total. The molecule has 0 amide bonds. The van der Waals surface area contributed by atoms with Crippen LogP contribution < -0.4 is 0 Å². The first-order chi connectivity index (χ1) is 9.79. The molecule has 0 aromatic heterocycles. The van der Waals surface area contributed by atoms with Gasteiger partial charge in [-0.25, -0.2) is 9.79 Å². The number of hydrogen-bond donors (Lipinski definition) is 0. The summed E-state index contributed by atoms with van der Waals surface area (Å²) in [5.74, 6) is -0.457. The van der Waals surface area contributed by atoms with Crippen LogP contribution in [0.15, 0.2) is 71.4 Å². The molecule has 0 spiro atoms. The number of carbonyl (C=O) groups is 1. The van der Waals surface area contributed by atoms with Crippen LogP contribution >= 0.6 is 0 Å². The highest BCUT2D eigenvalue weighted by atomic mass is 16.5. The smallest absolute Gasteiger partial charge is 0.356 e. The summed E-state index contributed by atoms with van der Waals surface area (Å²) in [6, 6.07) is 19.1. The van der Waals surface area contributed by atoms with Gasteiger partial charge in [-0.3, -0.25) is 0 Å². The van der Waals surface area contributed by atoms with E-state index in [-0.39, 0.29) is 5.70 Å². The number of esters is 1. The highest BCUT2D eigenvalue weighted by molar-refractivity contribution is 5.96. The SMILES string of the molecule is COC(=O)C(=Cc1ccccc1)N=Cc1ccccc1. The van der Waals surface area contributed by atoms with Gasteiger partial charge < -0.3 is 4.74 Å². The third-order valence-electron chi connectivity index (χ3n) is 2.65. The van der Waals surface area contributed by atoms with Gasteiger partial charge in [-0.15, -0.1) is 0 Å². The van der Waals surface area contributed by atoms with Crippen LogP contribution in [0.2, 0.25) is 0 Å². The van der Waals surface area contributed by atoms with Crippen LogP contribution in [-0.2, 0) is 9.53 Å². The van der Waals surface area contributed by atoms with Crippen molar-refractivity contribution in [2.75, 3.05) is 7.11 Å². The fraction of sp³-hybridized carbons (Fsp3) is 0.0588. The molecule has 20 heavy (non-hydrogen) atoms. The van der Waals surface area contributed by atoms with Crippen molar-refractivity contribution in [3.8, 4) is 0 Å². The maximum atomic E-state index is 11.7. The van der Waals surface area contributed by atoms with Gasteiger partial charge in [0.05, 0.1) is 7.11 Å². The first-order valence-electron chi connectivity index (χ1n) is 6.24. The van der Waals surface area contributed by atoms with Gasteiger partial charge in [-0.1, -0.05) is 60.7 Å². The molecule has 0 aliphatic carbocycles. The van der Waals surface area contributed by atoms with E-state index in [0.29, 0.717) is 0 Å². The molecule has 100 valence electrons. The molecular weight excluding hydrogens is 250 g/mol. The zero-order valence-electron chi connectivity index (χ0n) is 11.2. The minimum Gasteiger partial charge on any atom is -0.464 e. The molecule has 2 rings (SSSR count). The lowest BCUT2D eigenvalue weighted by atomic mass is 10.2. The maximum absolute atomic E-state index is 11.7. The van der Waals surface area contributed by atoms with Crippen molar-refractivity contribution in [3.05, 3.63) is 77.5 Å². The van der Waals surface area contributed by atoms with E-state index in [1.54, 1.807) is 12.3 Å². The minimum atomic E-state index is -0.457. The van der Waals surface area contributed by atoms with E-state index < -0.39 is 5.97 Å². The first kappa shape index (κ1) is 13.7. The van der Waals surface area contributed by atoms with Gasteiger partial charge in [-0.2, -0.15) is 0 Å². The molecule has 3 nitrogen and oxygen atoms in total. The predicted octanol–water partition coefficient (Wildman–Crippen LogP) is 3.32. The van der Waals surface area contributed by atoms with E-state index in [4.69, 9.17) is 4.74 Å². The fourth-order valence-electron chi connectivity index (χ4n) is 1.64. The Hall–Kier alpha value is -2.68. The standard InChI is InChI=1S/C17H15NO2/c1-20-17(19)16(12-14-8-4-2-5-9-14)18-13-15-10-6-3-7-11-15/h2-13H,1H3. The van der Waals surface area contributed by atoms with E-state index in [1.165, 1.54) is 7.11 Å². The van der Waals surface area contributed by atoms with Gasteiger partial charge in [0, 0.05) is 6.21 Å². The summed E-state index contributed by atoms with van der Waals surface area (Å²) in [5, 5.41) is 0. The maximum Gasteiger partial charge on any atom is 0.356 e. The van der Waals surface area contributed by atoms with Crippen LogP contribution in [0.1, 0.15) is 11.1 Å². The van der Waals surface area contributed by atoms with Crippen LogP contribution in [0, 0.1) is 0 Å². The second-order valence-corrected chi connectivity index (χ2v) is 4.10. The molecule has 0 radical (unpaired) electrons. The summed E-state index contributed by atoms with van der Waals surface area (Å²) in [6.07, 6.45) is 3.34. The third-order valence-corrected chi connectivity index (χ3v) is 2.65. The zero-order valence-corrected chi connectivity index (χ0v) is 11.2. The van der Waals surface area contributed by atoms with Crippen molar-refractivity contribution in [2.24, 2.45) is 4.99 Å². The second kappa shape index (κ2) is 7.04. The summed E-state index contributed by atoms with van der Waals surface area (Å²) < 4.78 is 4.75. The van der Waals surface area contributed by atoms with Crippen LogP contribution in [-0.4, -0.2) is 19.3 Å². The number of aliphatic imine (C=N–C) groups is 1. The van der Waals surface area contributed by atoms with Gasteiger partial charge in [-0.05, 0) is 17.2 Å². The summed E-state index contributed by atoms with van der Waals surface area (Å²) in [7, 11) is 1.35. The van der Waals surface area contributed by atoms with Crippen molar-refractivity contribution in [1.82, 2.24) is 0 Å². The Labute approximate surface area is 118 Å². The summed E-state index contributed by atoms with van der Waals surface area (Å²) in [5.41, 5.74) is 2.09. The number of rotatable bonds is 4. The number of hydrogen-bond acceptors (Lipinski definition) is 3. The molecule has 0 unspecified atom stereocenters. The number of methoxy groups -OCH3 is 1. The lowest BCUT2D eigenvalue weighted by Crippen LogP contribution is -2.03. The Kier molecular flexibility index (Phi) is 4.84. The van der Waals surface area contributed by atoms with E-state index in [9.17, 15) is 4.79 Å². The molecule has 0 heterocycles. The van der Waals surface area contributed by atoms with Crippen molar-refractivity contribution < 1.29 is 9.53 Å². The molecule has 3 heteroatoms. The van der Waals surface area contributed by atoms with Crippen molar-refractivity contribution in [2.45, 2.75) is 0 Å². The average molecular weight is 265 g/mol. The number of nitrogens with zero attached hydrogens (tertiary/aromatic N) is 1. The van der Waals surface area contributed by atoms with Gasteiger partial charge in [0.1, 0.15) is 5.70 Å². The van der Waals surface area contributed by atoms with Crippen LogP contribution in [0.4, 0.5) is 0 Å². The summed E-state index contributed by atoms with van der Waals surface area (Å²) in [6.45, 7) is 0. The van der Waals surface area contributed by atoms with Crippen molar-refractivity contribution in [1.29, 1.82) is 0 Å². The normalized spacial score (nSPS) is 11.6. The van der Waals surface area contributed by atoms with Gasteiger partial charge >= 0.3 is 5.97 Å². The van der Waals surface area contributed by atoms with E-state index >= 15 is 0 Å². The Balaban J connectivity index is 2.27. The molecule has 0 saturated heterocycles. The highest BCUT2D eigenvalue weighted by Crippen LogP contribution is 2.09. The van der Waals surface area contributed by atoms with E-state index in [2.05, 4.69) is 4.99 Å². The Morgan fingerprint density at radius 2 is 1.50 bits per heavy atom. The van der Waals surface area contributed by atoms with Gasteiger partial charge in [0.2, 0.25) is 0 Å². The molecule has 0 saturated carbocycles. The van der Waals surface area contributed by atoms with Crippen molar-refractivity contribution in [3.63, 3.8) is 0 Å². The third kappa shape index (κ3) is 3.92. The van der Waals surface area contributed by atoms with Gasteiger partial charge in [0.25, 0.3) is 0 Å².